The van der Waals surface area contributed by atoms with Crippen molar-refractivity contribution in [2.75, 3.05) is 0 Å². The Balaban J connectivity index is 1.64. The van der Waals surface area contributed by atoms with E-state index in [1.165, 1.54) is 12.1 Å². The summed E-state index contributed by atoms with van der Waals surface area (Å²) in [6.45, 7) is 1.28. The first-order valence-corrected chi connectivity index (χ1v) is 11.1. The van der Waals surface area contributed by atoms with Crippen molar-refractivity contribution >= 4 is 17.3 Å². The van der Waals surface area contributed by atoms with Gasteiger partial charge in [0.15, 0.2) is 11.6 Å². The maximum atomic E-state index is 13.6. The Morgan fingerprint density at radius 2 is 1.66 bits per heavy atom. The van der Waals surface area contributed by atoms with Crippen LogP contribution in [0.25, 0.3) is 0 Å². The van der Waals surface area contributed by atoms with Crippen molar-refractivity contribution in [3.8, 4) is 17.2 Å². The fourth-order valence-electron chi connectivity index (χ4n) is 4.90. The lowest BCUT2D eigenvalue weighted by Crippen LogP contribution is -2.44. The molecule has 0 saturated carbocycles. The molecule has 4 N–H and O–H groups in total. The van der Waals surface area contributed by atoms with Crippen molar-refractivity contribution in [1.29, 1.82) is 0 Å². The van der Waals surface area contributed by atoms with Crippen molar-refractivity contribution in [2.24, 2.45) is 0 Å². The van der Waals surface area contributed by atoms with Crippen molar-refractivity contribution in [2.45, 2.75) is 38.1 Å². The van der Waals surface area contributed by atoms with Crippen LogP contribution in [-0.4, -0.2) is 43.4 Å². The maximum absolute atomic E-state index is 13.6. The quantitative estimate of drug-likeness (QED) is 0.331. The highest BCUT2D eigenvalue weighted by Crippen LogP contribution is 2.51. The average Bonchev–Trinajstić information content (AvgIpc) is 2.83. The second kappa shape index (κ2) is 8.04. The SMILES string of the molecule is CC(=O)[C@]1(O)Cc2c(O)c3c(c(O)c2[C@@H](O)C1)C(=O)c1c(OCc2ccccc2)cccc1C3=O. The molecule has 0 bridgehead atoms. The molecule has 0 unspecified atom stereocenters. The second-order valence-electron chi connectivity index (χ2n) is 8.94. The van der Waals surface area contributed by atoms with Crippen LogP contribution in [-0.2, 0) is 17.8 Å². The molecule has 0 heterocycles. The van der Waals surface area contributed by atoms with Gasteiger partial charge in [0.1, 0.15) is 29.5 Å². The predicted molar refractivity (Wildman–Crippen MR) is 123 cm³/mol. The second-order valence-corrected chi connectivity index (χ2v) is 8.94. The fraction of sp³-hybridized carbons (Fsp3) is 0.222. The van der Waals surface area contributed by atoms with Crippen LogP contribution in [0, 0.1) is 0 Å². The molecule has 35 heavy (non-hydrogen) atoms. The minimum Gasteiger partial charge on any atom is -0.507 e. The summed E-state index contributed by atoms with van der Waals surface area (Å²) in [4.78, 5) is 39.0. The summed E-state index contributed by atoms with van der Waals surface area (Å²) in [5, 5.41) is 43.4. The van der Waals surface area contributed by atoms with E-state index >= 15 is 0 Å². The van der Waals surface area contributed by atoms with E-state index in [0.717, 1.165) is 12.5 Å². The van der Waals surface area contributed by atoms with E-state index in [0.29, 0.717) is 0 Å². The van der Waals surface area contributed by atoms with Gasteiger partial charge in [0.2, 0.25) is 5.78 Å². The number of hydrogen-bond donors (Lipinski definition) is 4. The van der Waals surface area contributed by atoms with Gasteiger partial charge in [-0.1, -0.05) is 42.5 Å². The predicted octanol–water partition coefficient (Wildman–Crippen LogP) is 2.75. The molecule has 0 amide bonds. The molecule has 5 rings (SSSR count). The number of Topliss-reactive ketones (excluding diaryl/α,β-unsaturated/α-hetero) is 1. The topological polar surface area (TPSA) is 141 Å². The van der Waals surface area contributed by atoms with Crippen LogP contribution in [0.2, 0.25) is 0 Å². The largest absolute Gasteiger partial charge is 0.507 e. The van der Waals surface area contributed by atoms with Crippen LogP contribution in [0.1, 0.15) is 68.0 Å². The Morgan fingerprint density at radius 3 is 2.34 bits per heavy atom. The Bertz CT molecular complexity index is 1410. The number of phenols is 2. The molecular weight excluding hydrogens is 452 g/mol. The number of hydrogen-bond acceptors (Lipinski definition) is 8. The van der Waals surface area contributed by atoms with Crippen LogP contribution in [0.3, 0.4) is 0 Å². The number of fused-ring (bicyclic) bond motifs is 3. The van der Waals surface area contributed by atoms with Crippen molar-refractivity contribution in [3.63, 3.8) is 0 Å². The minimum absolute atomic E-state index is 0.0131. The van der Waals surface area contributed by atoms with E-state index in [4.69, 9.17) is 4.74 Å². The lowest BCUT2D eigenvalue weighted by Gasteiger charge is -2.36. The van der Waals surface area contributed by atoms with Gasteiger partial charge in [-0.3, -0.25) is 14.4 Å². The molecule has 3 aromatic carbocycles. The standard InChI is InChI=1S/C27H22O8/c1-13(28)27(34)10-16-19(17(29)11-27)25(32)22-21(24(16)31)23(30)15-8-5-9-18(20(15)26(22)33)35-12-14-6-3-2-4-7-14/h2-9,17,29,31-32,34H,10-12H2,1H3/t17-,27-/m0/s1. The summed E-state index contributed by atoms with van der Waals surface area (Å²) in [6, 6.07) is 13.7. The van der Waals surface area contributed by atoms with E-state index in [2.05, 4.69) is 0 Å². The number of phenolic OH excluding ortho intramolecular Hbond substituents is 2. The van der Waals surface area contributed by atoms with E-state index in [1.54, 1.807) is 6.07 Å². The molecule has 2 aliphatic carbocycles. The van der Waals surface area contributed by atoms with Gasteiger partial charge < -0.3 is 25.2 Å². The first kappa shape index (κ1) is 22.8. The van der Waals surface area contributed by atoms with Crippen molar-refractivity contribution in [3.05, 3.63) is 87.5 Å². The highest BCUT2D eigenvalue weighted by molar-refractivity contribution is 6.31. The van der Waals surface area contributed by atoms with Gasteiger partial charge in [-0.05, 0) is 18.6 Å². The number of benzene rings is 3. The van der Waals surface area contributed by atoms with Crippen molar-refractivity contribution < 1.29 is 39.5 Å². The number of carbonyl (C=O) groups is 3. The zero-order valence-corrected chi connectivity index (χ0v) is 18.7. The lowest BCUT2D eigenvalue weighted by atomic mass is 9.72. The summed E-state index contributed by atoms with van der Waals surface area (Å²) in [5.41, 5.74) is -2.40. The van der Waals surface area contributed by atoms with Crippen LogP contribution in [0.15, 0.2) is 48.5 Å². The van der Waals surface area contributed by atoms with Gasteiger partial charge in [0.05, 0.1) is 22.8 Å². The number of aliphatic hydroxyl groups excluding tert-OH is 1. The molecule has 0 saturated heterocycles. The summed E-state index contributed by atoms with van der Waals surface area (Å²) in [6.07, 6.45) is -2.39. The lowest BCUT2D eigenvalue weighted by molar-refractivity contribution is -0.139. The third kappa shape index (κ3) is 3.41. The fourth-order valence-corrected chi connectivity index (χ4v) is 4.90. The molecule has 3 aromatic rings. The molecule has 0 spiro atoms. The smallest absolute Gasteiger partial charge is 0.202 e. The van der Waals surface area contributed by atoms with E-state index in [-0.39, 0.29) is 34.6 Å². The summed E-state index contributed by atoms with van der Waals surface area (Å²) >= 11 is 0. The molecule has 2 atom stereocenters. The van der Waals surface area contributed by atoms with Gasteiger partial charge in [-0.25, -0.2) is 0 Å². The summed E-state index contributed by atoms with van der Waals surface area (Å²) in [7, 11) is 0. The van der Waals surface area contributed by atoms with Crippen LogP contribution < -0.4 is 4.74 Å². The van der Waals surface area contributed by atoms with Gasteiger partial charge in [-0.2, -0.15) is 0 Å². The Labute approximate surface area is 200 Å². The molecule has 0 fully saturated rings. The third-order valence-electron chi connectivity index (χ3n) is 6.77. The highest BCUT2D eigenvalue weighted by Gasteiger charge is 2.47. The number of carbonyl (C=O) groups excluding carboxylic acids is 3. The molecule has 178 valence electrons. The van der Waals surface area contributed by atoms with Gasteiger partial charge in [0.25, 0.3) is 0 Å². The third-order valence-corrected chi connectivity index (χ3v) is 6.77. The van der Waals surface area contributed by atoms with Gasteiger partial charge >= 0.3 is 0 Å². The van der Waals surface area contributed by atoms with E-state index in [1.807, 2.05) is 30.3 Å². The van der Waals surface area contributed by atoms with Crippen LogP contribution in [0.5, 0.6) is 17.2 Å². The van der Waals surface area contributed by atoms with Crippen LogP contribution >= 0.6 is 0 Å². The average molecular weight is 474 g/mol. The number of aliphatic hydroxyl groups is 2. The monoisotopic (exact) mass is 474 g/mol. The molecule has 0 aliphatic heterocycles. The molecule has 0 radical (unpaired) electrons. The molecular formula is C27H22O8. The van der Waals surface area contributed by atoms with Crippen molar-refractivity contribution in [1.82, 2.24) is 0 Å². The van der Waals surface area contributed by atoms with E-state index < -0.39 is 64.5 Å². The zero-order chi connectivity index (χ0) is 25.1. The summed E-state index contributed by atoms with van der Waals surface area (Å²) in [5.74, 6) is -3.26. The molecule has 2 aliphatic rings. The number of ether oxygens (including phenoxy) is 1. The minimum atomic E-state index is -1.98. The highest BCUT2D eigenvalue weighted by atomic mass is 16.5. The number of rotatable bonds is 4. The Kier molecular flexibility index (Phi) is 5.23. The van der Waals surface area contributed by atoms with Gasteiger partial charge in [-0.15, -0.1) is 0 Å². The van der Waals surface area contributed by atoms with Crippen LogP contribution in [0.4, 0.5) is 0 Å². The first-order chi connectivity index (χ1) is 16.6. The first-order valence-electron chi connectivity index (χ1n) is 11.1. The normalized spacial score (nSPS) is 20.6. The molecule has 8 nitrogen and oxygen atoms in total. The van der Waals surface area contributed by atoms with E-state index in [9.17, 15) is 34.8 Å². The Hall–Kier alpha value is -4.01. The number of aromatic hydroxyl groups is 2. The summed E-state index contributed by atoms with van der Waals surface area (Å²) < 4.78 is 5.84. The van der Waals surface area contributed by atoms with Gasteiger partial charge in [0, 0.05) is 29.5 Å². The zero-order valence-electron chi connectivity index (χ0n) is 18.7. The molecule has 8 heteroatoms. The molecule has 0 aromatic heterocycles. The Morgan fingerprint density at radius 1 is 0.971 bits per heavy atom. The number of ketones is 3. The maximum Gasteiger partial charge on any atom is 0.202 e.